The van der Waals surface area contributed by atoms with Crippen LogP contribution in [-0.4, -0.2) is 22.8 Å². The normalized spacial score (nSPS) is 10.6. The summed E-state index contributed by atoms with van der Waals surface area (Å²) in [4.78, 5) is 18.5. The summed E-state index contributed by atoms with van der Waals surface area (Å²) in [6.45, 7) is 2.37. The van der Waals surface area contributed by atoms with Gasteiger partial charge in [-0.25, -0.2) is 9.37 Å². The van der Waals surface area contributed by atoms with Crippen molar-refractivity contribution in [3.63, 3.8) is 0 Å². The lowest BCUT2D eigenvalue weighted by molar-refractivity contribution is 0.0780. The highest BCUT2D eigenvalue weighted by atomic mass is 32.1. The van der Waals surface area contributed by atoms with Gasteiger partial charge in [0.2, 0.25) is 0 Å². The molecule has 0 fully saturated rings. The van der Waals surface area contributed by atoms with Gasteiger partial charge in [-0.3, -0.25) is 4.79 Å². The number of nitrogens with zero attached hydrogens (tertiary/aromatic N) is 2. The lowest BCUT2D eigenvalue weighted by Crippen LogP contribution is -2.26. The molecule has 0 atom stereocenters. The number of aryl methyl sites for hydroxylation is 1. The molecule has 2 aromatic carbocycles. The molecule has 3 aromatic rings. The third-order valence-corrected chi connectivity index (χ3v) is 4.57. The Morgan fingerprint density at radius 2 is 1.96 bits per heavy atom. The highest BCUT2D eigenvalue weighted by molar-refractivity contribution is 7.13. The molecule has 3 rings (SSSR count). The second-order valence-corrected chi connectivity index (χ2v) is 6.55. The van der Waals surface area contributed by atoms with Gasteiger partial charge in [-0.1, -0.05) is 42.0 Å². The molecule has 0 N–H and O–H groups in total. The van der Waals surface area contributed by atoms with Crippen molar-refractivity contribution in [1.82, 2.24) is 9.88 Å². The second-order valence-electron chi connectivity index (χ2n) is 5.70. The van der Waals surface area contributed by atoms with Crippen molar-refractivity contribution in [2.45, 2.75) is 13.5 Å². The van der Waals surface area contributed by atoms with Gasteiger partial charge in [0.1, 0.15) is 16.5 Å². The zero-order valence-electron chi connectivity index (χ0n) is 13.5. The molecule has 1 aromatic heterocycles. The summed E-state index contributed by atoms with van der Waals surface area (Å²) in [5.74, 6) is -0.475. The van der Waals surface area contributed by atoms with E-state index < -0.39 is 0 Å². The zero-order valence-corrected chi connectivity index (χ0v) is 14.3. The number of hydrogen-bond donors (Lipinski definition) is 0. The second kappa shape index (κ2) is 6.93. The minimum atomic E-state index is -0.302. The maximum absolute atomic E-state index is 13.2. The van der Waals surface area contributed by atoms with Crippen molar-refractivity contribution in [2.75, 3.05) is 7.05 Å². The Labute approximate surface area is 144 Å². The Morgan fingerprint density at radius 1 is 1.21 bits per heavy atom. The van der Waals surface area contributed by atoms with E-state index in [1.165, 1.54) is 29.0 Å². The number of rotatable bonds is 4. The third-order valence-electron chi connectivity index (χ3n) is 3.68. The van der Waals surface area contributed by atoms with Gasteiger partial charge < -0.3 is 4.90 Å². The highest BCUT2D eigenvalue weighted by Gasteiger charge is 2.16. The van der Waals surface area contributed by atoms with Crippen LogP contribution in [0.2, 0.25) is 0 Å². The molecule has 24 heavy (non-hydrogen) atoms. The fourth-order valence-electron chi connectivity index (χ4n) is 2.38. The van der Waals surface area contributed by atoms with Gasteiger partial charge in [-0.2, -0.15) is 0 Å². The van der Waals surface area contributed by atoms with Crippen molar-refractivity contribution < 1.29 is 9.18 Å². The summed E-state index contributed by atoms with van der Waals surface area (Å²) in [5.41, 5.74) is 3.34. The molecular formula is C19H17FN2OS. The zero-order chi connectivity index (χ0) is 17.1. The molecule has 0 spiro atoms. The summed E-state index contributed by atoms with van der Waals surface area (Å²) < 4.78 is 13.2. The van der Waals surface area contributed by atoms with Crippen molar-refractivity contribution in [1.29, 1.82) is 0 Å². The first kappa shape index (κ1) is 16.3. The van der Waals surface area contributed by atoms with Crippen molar-refractivity contribution in [2.24, 2.45) is 0 Å². The Bertz CT molecular complexity index is 858. The fraction of sp³-hybridized carbons (Fsp3) is 0.158. The Kier molecular flexibility index (Phi) is 4.71. The molecule has 0 saturated heterocycles. The number of carbonyl (C=O) groups is 1. The van der Waals surface area contributed by atoms with Gasteiger partial charge in [0.15, 0.2) is 0 Å². The van der Waals surface area contributed by atoms with Crippen molar-refractivity contribution >= 4 is 17.2 Å². The van der Waals surface area contributed by atoms with Crippen LogP contribution in [0, 0.1) is 12.7 Å². The molecule has 0 bridgehead atoms. The lowest BCUT2D eigenvalue weighted by atomic mass is 10.2. The first-order valence-corrected chi connectivity index (χ1v) is 8.43. The van der Waals surface area contributed by atoms with Crippen molar-refractivity contribution in [3.8, 4) is 10.6 Å². The number of carbonyl (C=O) groups excluding carboxylic acids is 1. The average Bonchev–Trinajstić information content (AvgIpc) is 3.04. The summed E-state index contributed by atoms with van der Waals surface area (Å²) in [6.07, 6.45) is 0. The van der Waals surface area contributed by atoms with Crippen LogP contribution in [0.4, 0.5) is 4.39 Å². The first-order valence-electron chi connectivity index (χ1n) is 7.55. The molecule has 1 heterocycles. The van der Waals surface area contributed by atoms with Crippen LogP contribution >= 0.6 is 11.3 Å². The SMILES string of the molecule is Cc1ccc(-c2nc(C(=O)N(C)Cc3cccc(F)c3)cs2)cc1. The number of thiazole rings is 1. The van der Waals surface area contributed by atoms with Crippen LogP contribution in [0.25, 0.3) is 10.6 Å². The number of amides is 1. The van der Waals surface area contributed by atoms with Crippen LogP contribution in [0.5, 0.6) is 0 Å². The quantitative estimate of drug-likeness (QED) is 0.699. The lowest BCUT2D eigenvalue weighted by Gasteiger charge is -2.16. The predicted octanol–water partition coefficient (Wildman–Crippen LogP) is 4.53. The molecule has 0 aliphatic carbocycles. The molecule has 5 heteroatoms. The van der Waals surface area contributed by atoms with Gasteiger partial charge >= 0.3 is 0 Å². The number of halogens is 1. The van der Waals surface area contributed by atoms with Gasteiger partial charge in [0.05, 0.1) is 0 Å². The topological polar surface area (TPSA) is 33.2 Å². The number of benzene rings is 2. The van der Waals surface area contributed by atoms with E-state index in [-0.39, 0.29) is 11.7 Å². The number of aromatic nitrogens is 1. The Balaban J connectivity index is 1.74. The van der Waals surface area contributed by atoms with Crippen LogP contribution < -0.4 is 0 Å². The minimum Gasteiger partial charge on any atom is -0.336 e. The Hall–Kier alpha value is -2.53. The smallest absolute Gasteiger partial charge is 0.273 e. The van der Waals surface area contributed by atoms with Crippen LogP contribution in [0.1, 0.15) is 21.6 Å². The fourth-order valence-corrected chi connectivity index (χ4v) is 3.18. The van der Waals surface area contributed by atoms with E-state index in [1.807, 2.05) is 31.2 Å². The Morgan fingerprint density at radius 3 is 2.67 bits per heavy atom. The molecule has 0 aliphatic heterocycles. The summed E-state index contributed by atoms with van der Waals surface area (Å²) >= 11 is 1.44. The standard InChI is InChI=1S/C19H17FN2OS/c1-13-6-8-15(9-7-13)18-21-17(12-24-18)19(23)22(2)11-14-4-3-5-16(20)10-14/h3-10,12H,11H2,1-2H3. The molecule has 3 nitrogen and oxygen atoms in total. The van der Waals surface area contributed by atoms with E-state index in [1.54, 1.807) is 29.5 Å². The van der Waals surface area contributed by atoms with E-state index in [4.69, 9.17) is 0 Å². The number of hydrogen-bond acceptors (Lipinski definition) is 3. The van der Waals surface area contributed by atoms with Gasteiger partial charge in [-0.15, -0.1) is 11.3 Å². The van der Waals surface area contributed by atoms with E-state index in [9.17, 15) is 9.18 Å². The minimum absolute atomic E-state index is 0.172. The largest absolute Gasteiger partial charge is 0.336 e. The van der Waals surface area contributed by atoms with E-state index >= 15 is 0 Å². The highest BCUT2D eigenvalue weighted by Crippen LogP contribution is 2.24. The molecule has 0 saturated carbocycles. The van der Waals surface area contributed by atoms with Crippen LogP contribution in [-0.2, 0) is 6.54 Å². The first-order chi connectivity index (χ1) is 11.5. The summed E-state index contributed by atoms with van der Waals surface area (Å²) in [5, 5.41) is 2.58. The van der Waals surface area contributed by atoms with Gasteiger partial charge in [0.25, 0.3) is 5.91 Å². The molecule has 122 valence electrons. The average molecular weight is 340 g/mol. The maximum atomic E-state index is 13.2. The monoisotopic (exact) mass is 340 g/mol. The van der Waals surface area contributed by atoms with Gasteiger partial charge in [0, 0.05) is 24.5 Å². The third kappa shape index (κ3) is 3.68. The molecular weight excluding hydrogens is 323 g/mol. The van der Waals surface area contributed by atoms with Crippen LogP contribution in [0.3, 0.4) is 0 Å². The van der Waals surface area contributed by atoms with E-state index in [0.29, 0.717) is 12.2 Å². The summed E-state index contributed by atoms with van der Waals surface area (Å²) in [7, 11) is 1.69. The van der Waals surface area contributed by atoms with Crippen LogP contribution in [0.15, 0.2) is 53.9 Å². The molecule has 1 amide bonds. The molecule has 0 unspecified atom stereocenters. The van der Waals surface area contributed by atoms with E-state index in [2.05, 4.69) is 4.98 Å². The molecule has 0 aliphatic rings. The predicted molar refractivity (Wildman–Crippen MR) is 94.5 cm³/mol. The van der Waals surface area contributed by atoms with E-state index in [0.717, 1.165) is 16.1 Å². The van der Waals surface area contributed by atoms with Crippen molar-refractivity contribution in [3.05, 3.63) is 76.5 Å². The molecule has 0 radical (unpaired) electrons. The summed E-state index contributed by atoms with van der Waals surface area (Å²) in [6, 6.07) is 14.3. The van der Waals surface area contributed by atoms with Gasteiger partial charge in [-0.05, 0) is 24.6 Å². The maximum Gasteiger partial charge on any atom is 0.273 e.